The SMILES string of the molecule is CCCCCCC(=O)S.Cl. The van der Waals surface area contributed by atoms with Crippen LogP contribution >= 0.6 is 25.0 Å². The molecule has 1 nitrogen and oxygen atoms in total. The fourth-order valence-electron chi connectivity index (χ4n) is 0.703. The fraction of sp³-hybridized carbons (Fsp3) is 0.857. The highest BCUT2D eigenvalue weighted by Crippen LogP contribution is 2.03. The molecule has 0 radical (unpaired) electrons. The van der Waals surface area contributed by atoms with Crippen LogP contribution in [0.3, 0.4) is 0 Å². The summed E-state index contributed by atoms with van der Waals surface area (Å²) in [6, 6.07) is 0. The van der Waals surface area contributed by atoms with Gasteiger partial charge in [0.25, 0.3) is 0 Å². The summed E-state index contributed by atoms with van der Waals surface area (Å²) >= 11 is 3.66. The van der Waals surface area contributed by atoms with Crippen molar-refractivity contribution in [2.75, 3.05) is 0 Å². The fourth-order valence-corrected chi connectivity index (χ4v) is 0.861. The highest BCUT2D eigenvalue weighted by molar-refractivity contribution is 7.96. The molecule has 0 saturated carbocycles. The van der Waals surface area contributed by atoms with E-state index in [1.165, 1.54) is 19.3 Å². The van der Waals surface area contributed by atoms with Gasteiger partial charge in [-0.25, -0.2) is 0 Å². The molecular weight excluding hydrogens is 168 g/mol. The number of hydrogen-bond acceptors (Lipinski definition) is 1. The average molecular weight is 183 g/mol. The molecule has 0 N–H and O–H groups in total. The van der Waals surface area contributed by atoms with Gasteiger partial charge in [0.05, 0.1) is 0 Å². The molecule has 0 aromatic heterocycles. The quantitative estimate of drug-likeness (QED) is 0.511. The lowest BCUT2D eigenvalue weighted by atomic mass is 10.2. The lowest BCUT2D eigenvalue weighted by Gasteiger charge is -1.93. The second kappa shape index (κ2) is 9.31. The Kier molecular flexibility index (Phi) is 12.0. The molecule has 62 valence electrons. The minimum Gasteiger partial charge on any atom is -0.288 e. The number of rotatable bonds is 5. The van der Waals surface area contributed by atoms with E-state index in [1.807, 2.05) is 0 Å². The third kappa shape index (κ3) is 11.2. The van der Waals surface area contributed by atoms with Crippen molar-refractivity contribution in [2.24, 2.45) is 0 Å². The molecule has 0 amide bonds. The highest BCUT2D eigenvalue weighted by atomic mass is 35.5. The maximum Gasteiger partial charge on any atom is 0.185 e. The van der Waals surface area contributed by atoms with Gasteiger partial charge < -0.3 is 0 Å². The van der Waals surface area contributed by atoms with E-state index in [2.05, 4.69) is 19.6 Å². The maximum absolute atomic E-state index is 10.3. The Morgan fingerprint density at radius 3 is 2.30 bits per heavy atom. The van der Waals surface area contributed by atoms with Crippen LogP contribution in [0.25, 0.3) is 0 Å². The summed E-state index contributed by atoms with van der Waals surface area (Å²) in [5, 5.41) is 0.0195. The number of carbonyl (C=O) groups is 1. The van der Waals surface area contributed by atoms with Gasteiger partial charge in [-0.1, -0.05) is 26.2 Å². The van der Waals surface area contributed by atoms with Gasteiger partial charge in [0.2, 0.25) is 0 Å². The molecule has 0 bridgehead atoms. The molecule has 3 heteroatoms. The van der Waals surface area contributed by atoms with Crippen molar-refractivity contribution < 1.29 is 4.79 Å². The first kappa shape index (κ1) is 12.9. The molecule has 10 heavy (non-hydrogen) atoms. The third-order valence-corrected chi connectivity index (χ3v) is 1.47. The van der Waals surface area contributed by atoms with Gasteiger partial charge in [-0.15, -0.1) is 25.0 Å². The summed E-state index contributed by atoms with van der Waals surface area (Å²) in [6.07, 6.45) is 5.28. The van der Waals surface area contributed by atoms with Crippen molar-refractivity contribution in [3.05, 3.63) is 0 Å². The van der Waals surface area contributed by atoms with Gasteiger partial charge in [-0.3, -0.25) is 4.79 Å². The molecule has 0 rings (SSSR count). The van der Waals surface area contributed by atoms with Crippen molar-refractivity contribution in [3.63, 3.8) is 0 Å². The summed E-state index contributed by atoms with van der Waals surface area (Å²) in [7, 11) is 0. The number of unbranched alkanes of at least 4 members (excludes halogenated alkanes) is 3. The predicted molar refractivity (Wildman–Crippen MR) is 50.0 cm³/mol. The first-order chi connectivity index (χ1) is 4.27. The lowest BCUT2D eigenvalue weighted by Crippen LogP contribution is -1.85. The molecule has 0 aromatic carbocycles. The van der Waals surface area contributed by atoms with Crippen LogP contribution in [0.15, 0.2) is 0 Å². The van der Waals surface area contributed by atoms with Gasteiger partial charge in [0.1, 0.15) is 0 Å². The summed E-state index contributed by atoms with van der Waals surface area (Å²) < 4.78 is 0. The number of thiol groups is 1. The molecule has 0 atom stereocenters. The largest absolute Gasteiger partial charge is 0.288 e. The van der Waals surface area contributed by atoms with Crippen LogP contribution in [-0.4, -0.2) is 5.12 Å². The first-order valence-electron chi connectivity index (χ1n) is 3.49. The van der Waals surface area contributed by atoms with E-state index < -0.39 is 0 Å². The van der Waals surface area contributed by atoms with Crippen molar-refractivity contribution >= 4 is 30.2 Å². The van der Waals surface area contributed by atoms with E-state index in [0.717, 1.165) is 6.42 Å². The molecule has 0 aliphatic rings. The van der Waals surface area contributed by atoms with Gasteiger partial charge in [-0.2, -0.15) is 0 Å². The smallest absolute Gasteiger partial charge is 0.185 e. The van der Waals surface area contributed by atoms with Gasteiger partial charge in [0, 0.05) is 6.42 Å². The molecule has 0 aromatic rings. The normalized spacial score (nSPS) is 8.60. The first-order valence-corrected chi connectivity index (χ1v) is 3.94. The zero-order chi connectivity index (χ0) is 7.11. The maximum atomic E-state index is 10.3. The minimum atomic E-state index is 0. The zero-order valence-corrected chi connectivity index (χ0v) is 8.01. The van der Waals surface area contributed by atoms with Crippen LogP contribution in [-0.2, 0) is 4.79 Å². The summed E-state index contributed by atoms with van der Waals surface area (Å²) in [4.78, 5) is 10.3. The Labute approximate surface area is 74.4 Å². The molecule has 0 aliphatic heterocycles. The second-order valence-corrected chi connectivity index (χ2v) is 2.70. The predicted octanol–water partition coefficient (Wildman–Crippen LogP) is 2.84. The van der Waals surface area contributed by atoms with E-state index in [1.54, 1.807) is 0 Å². The van der Waals surface area contributed by atoms with E-state index in [4.69, 9.17) is 0 Å². The van der Waals surface area contributed by atoms with Gasteiger partial charge >= 0.3 is 0 Å². The molecule has 0 heterocycles. The summed E-state index contributed by atoms with van der Waals surface area (Å²) in [5.41, 5.74) is 0. The number of hydrogen-bond donors (Lipinski definition) is 1. The molecule has 0 saturated heterocycles. The lowest BCUT2D eigenvalue weighted by molar-refractivity contribution is -0.110. The summed E-state index contributed by atoms with van der Waals surface area (Å²) in [5.74, 6) is 0. The third-order valence-electron chi connectivity index (χ3n) is 1.24. The summed E-state index contributed by atoms with van der Waals surface area (Å²) in [6.45, 7) is 2.16. The van der Waals surface area contributed by atoms with Gasteiger partial charge in [-0.05, 0) is 6.42 Å². The zero-order valence-electron chi connectivity index (χ0n) is 6.30. The van der Waals surface area contributed by atoms with E-state index in [-0.39, 0.29) is 17.5 Å². The molecular formula is C7H15ClOS. The molecule has 0 aliphatic carbocycles. The van der Waals surface area contributed by atoms with Crippen LogP contribution in [0.2, 0.25) is 0 Å². The topological polar surface area (TPSA) is 17.1 Å². The Bertz CT molecular complexity index is 85.7. The number of carbonyl (C=O) groups excluding carboxylic acids is 1. The minimum absolute atomic E-state index is 0. The Balaban J connectivity index is 0. The molecule has 0 spiro atoms. The van der Waals surface area contributed by atoms with E-state index in [0.29, 0.717) is 6.42 Å². The Morgan fingerprint density at radius 1 is 1.30 bits per heavy atom. The van der Waals surface area contributed by atoms with Crippen LogP contribution < -0.4 is 0 Å². The van der Waals surface area contributed by atoms with E-state index >= 15 is 0 Å². The van der Waals surface area contributed by atoms with Crippen molar-refractivity contribution in [2.45, 2.75) is 39.0 Å². The van der Waals surface area contributed by atoms with Crippen LogP contribution in [0.5, 0.6) is 0 Å². The molecule has 0 fully saturated rings. The highest BCUT2D eigenvalue weighted by Gasteiger charge is 1.92. The van der Waals surface area contributed by atoms with Crippen LogP contribution in [0, 0.1) is 0 Å². The Morgan fingerprint density at radius 2 is 1.90 bits per heavy atom. The van der Waals surface area contributed by atoms with Crippen molar-refractivity contribution in [3.8, 4) is 0 Å². The average Bonchev–Trinajstić information content (AvgIpc) is 1.80. The van der Waals surface area contributed by atoms with Crippen LogP contribution in [0.4, 0.5) is 0 Å². The van der Waals surface area contributed by atoms with E-state index in [9.17, 15) is 4.79 Å². The number of halogens is 1. The van der Waals surface area contributed by atoms with Gasteiger partial charge in [0.15, 0.2) is 5.12 Å². The molecule has 0 unspecified atom stereocenters. The van der Waals surface area contributed by atoms with Crippen LogP contribution in [0.1, 0.15) is 39.0 Å². The van der Waals surface area contributed by atoms with Crippen molar-refractivity contribution in [1.29, 1.82) is 0 Å². The monoisotopic (exact) mass is 182 g/mol. The van der Waals surface area contributed by atoms with Crippen molar-refractivity contribution in [1.82, 2.24) is 0 Å². The standard InChI is InChI=1S/C7H14OS.ClH/c1-2-3-4-5-6-7(8)9;/h2-6H2,1H3,(H,8,9);1H. The Hall–Kier alpha value is 0.310. The second-order valence-electron chi connectivity index (χ2n) is 2.20.